The van der Waals surface area contributed by atoms with E-state index in [2.05, 4.69) is 0 Å². The van der Waals surface area contributed by atoms with E-state index in [9.17, 15) is 9.59 Å². The molecule has 0 saturated heterocycles. The summed E-state index contributed by atoms with van der Waals surface area (Å²) in [7, 11) is 1.59. The highest BCUT2D eigenvalue weighted by Crippen LogP contribution is 2.37. The van der Waals surface area contributed by atoms with Crippen LogP contribution in [-0.4, -0.2) is 18.7 Å². The fraction of sp³-hybridized carbons (Fsp3) is 0.467. The molecule has 2 aliphatic rings. The zero-order chi connectivity index (χ0) is 12.7. The lowest BCUT2D eigenvalue weighted by molar-refractivity contribution is -0.122. The molecule has 0 aliphatic heterocycles. The molecule has 1 aromatic rings. The number of hydrogen-bond donors (Lipinski definition) is 0. The molecule has 0 N–H and O–H groups in total. The Labute approximate surface area is 106 Å². The molecule has 0 amide bonds. The van der Waals surface area contributed by atoms with E-state index in [0.29, 0.717) is 17.7 Å². The van der Waals surface area contributed by atoms with Crippen LogP contribution in [0.25, 0.3) is 0 Å². The number of fused-ring (bicyclic) bond motifs is 1. The molecule has 3 nitrogen and oxygen atoms in total. The van der Waals surface area contributed by atoms with Crippen molar-refractivity contribution in [1.82, 2.24) is 0 Å². The third kappa shape index (κ3) is 1.84. The maximum Gasteiger partial charge on any atom is 0.173 e. The topological polar surface area (TPSA) is 43.4 Å². The van der Waals surface area contributed by atoms with Crippen LogP contribution < -0.4 is 4.74 Å². The quantitative estimate of drug-likeness (QED) is 0.767. The molecule has 1 aromatic carbocycles. The lowest BCUT2D eigenvalue weighted by atomic mass is 9.79. The van der Waals surface area contributed by atoms with Crippen LogP contribution in [0.2, 0.25) is 0 Å². The fourth-order valence-electron chi connectivity index (χ4n) is 2.67. The molecule has 0 heterocycles. The highest BCUT2D eigenvalue weighted by molar-refractivity contribution is 6.13. The molecular weight excluding hydrogens is 228 g/mol. The summed E-state index contributed by atoms with van der Waals surface area (Å²) in [5.74, 6) is 0.588. The summed E-state index contributed by atoms with van der Waals surface area (Å²) < 4.78 is 5.15. The number of ether oxygens (including phenoxy) is 1. The van der Waals surface area contributed by atoms with Crippen molar-refractivity contribution < 1.29 is 14.3 Å². The SMILES string of the molecule is COc1ccc2c(c1)C(=O)C(C(=O)C1CC1)CC2. The normalized spacial score (nSPS) is 22.5. The number of carbonyl (C=O) groups excluding carboxylic acids is 2. The predicted octanol–water partition coefficient (Wildman–Crippen LogP) is 2.42. The molecular formula is C15H16O3. The number of Topliss-reactive ketones (excluding diaryl/α,β-unsaturated/α-hetero) is 2. The van der Waals surface area contributed by atoms with Crippen molar-refractivity contribution in [1.29, 1.82) is 0 Å². The van der Waals surface area contributed by atoms with Crippen molar-refractivity contribution in [2.45, 2.75) is 25.7 Å². The fourth-order valence-corrected chi connectivity index (χ4v) is 2.67. The van der Waals surface area contributed by atoms with Gasteiger partial charge in [-0.2, -0.15) is 0 Å². The smallest absolute Gasteiger partial charge is 0.173 e. The van der Waals surface area contributed by atoms with Crippen molar-refractivity contribution >= 4 is 11.6 Å². The van der Waals surface area contributed by atoms with Crippen LogP contribution in [0.3, 0.4) is 0 Å². The van der Waals surface area contributed by atoms with Crippen LogP contribution in [0, 0.1) is 11.8 Å². The number of methoxy groups -OCH3 is 1. The average molecular weight is 244 g/mol. The molecule has 3 heteroatoms. The molecule has 0 bridgehead atoms. The summed E-state index contributed by atoms with van der Waals surface area (Å²) in [5.41, 5.74) is 1.72. The van der Waals surface area contributed by atoms with Crippen LogP contribution in [0.4, 0.5) is 0 Å². The number of hydrogen-bond acceptors (Lipinski definition) is 3. The minimum absolute atomic E-state index is 0.00736. The number of ketones is 2. The lowest BCUT2D eigenvalue weighted by Crippen LogP contribution is -2.30. The summed E-state index contributed by atoms with van der Waals surface area (Å²) in [6.07, 6.45) is 3.42. The Balaban J connectivity index is 1.92. The van der Waals surface area contributed by atoms with E-state index in [4.69, 9.17) is 4.74 Å². The standard InChI is InChI=1S/C15H16O3/c1-18-11-6-4-9-5-7-12(14(16)10-2-3-10)15(17)13(9)8-11/h4,6,8,10,12H,2-3,5,7H2,1H3. The Morgan fingerprint density at radius 3 is 2.72 bits per heavy atom. The Bertz CT molecular complexity index is 514. The second-order valence-electron chi connectivity index (χ2n) is 5.16. The van der Waals surface area contributed by atoms with E-state index in [1.54, 1.807) is 13.2 Å². The summed E-state index contributed by atoms with van der Waals surface area (Å²) in [4.78, 5) is 24.5. The van der Waals surface area contributed by atoms with Gasteiger partial charge in [-0.3, -0.25) is 9.59 Å². The lowest BCUT2D eigenvalue weighted by Gasteiger charge is -2.22. The molecule has 94 valence electrons. The van der Waals surface area contributed by atoms with E-state index < -0.39 is 5.92 Å². The van der Waals surface area contributed by atoms with Gasteiger partial charge in [-0.1, -0.05) is 6.07 Å². The van der Waals surface area contributed by atoms with Gasteiger partial charge in [0.25, 0.3) is 0 Å². The van der Waals surface area contributed by atoms with Crippen molar-refractivity contribution in [2.24, 2.45) is 11.8 Å². The first-order valence-corrected chi connectivity index (χ1v) is 6.45. The predicted molar refractivity (Wildman–Crippen MR) is 66.9 cm³/mol. The molecule has 2 aliphatic carbocycles. The number of carbonyl (C=O) groups is 2. The highest BCUT2D eigenvalue weighted by atomic mass is 16.5. The maximum atomic E-state index is 12.4. The molecule has 1 saturated carbocycles. The molecule has 0 radical (unpaired) electrons. The van der Waals surface area contributed by atoms with Gasteiger partial charge in [-0.05, 0) is 43.4 Å². The van der Waals surface area contributed by atoms with Gasteiger partial charge in [-0.25, -0.2) is 0 Å². The van der Waals surface area contributed by atoms with Crippen LogP contribution in [0.1, 0.15) is 35.2 Å². The molecule has 18 heavy (non-hydrogen) atoms. The van der Waals surface area contributed by atoms with Gasteiger partial charge in [0.15, 0.2) is 5.78 Å². The molecule has 1 fully saturated rings. The van der Waals surface area contributed by atoms with Gasteiger partial charge in [0.05, 0.1) is 13.0 Å². The van der Waals surface area contributed by atoms with Crippen molar-refractivity contribution in [3.8, 4) is 5.75 Å². The third-order valence-corrected chi connectivity index (χ3v) is 3.92. The van der Waals surface area contributed by atoms with Gasteiger partial charge in [0, 0.05) is 11.5 Å². The minimum Gasteiger partial charge on any atom is -0.497 e. The maximum absolute atomic E-state index is 12.4. The van der Waals surface area contributed by atoms with Gasteiger partial charge >= 0.3 is 0 Å². The van der Waals surface area contributed by atoms with E-state index in [-0.39, 0.29) is 17.5 Å². The minimum atomic E-state index is -0.405. The second kappa shape index (κ2) is 4.23. The molecule has 3 rings (SSSR count). The average Bonchev–Trinajstić information content (AvgIpc) is 3.22. The summed E-state index contributed by atoms with van der Waals surface area (Å²) in [6.45, 7) is 0. The van der Waals surface area contributed by atoms with E-state index in [0.717, 1.165) is 24.8 Å². The monoisotopic (exact) mass is 244 g/mol. The van der Waals surface area contributed by atoms with Crippen LogP contribution in [0.15, 0.2) is 18.2 Å². The van der Waals surface area contributed by atoms with E-state index in [1.807, 2.05) is 12.1 Å². The first-order chi connectivity index (χ1) is 8.70. The Morgan fingerprint density at radius 1 is 1.28 bits per heavy atom. The Hall–Kier alpha value is -1.64. The zero-order valence-corrected chi connectivity index (χ0v) is 10.4. The van der Waals surface area contributed by atoms with E-state index in [1.165, 1.54) is 0 Å². The van der Waals surface area contributed by atoms with Crippen LogP contribution >= 0.6 is 0 Å². The number of aryl methyl sites for hydroxylation is 1. The Kier molecular flexibility index (Phi) is 2.69. The van der Waals surface area contributed by atoms with Crippen molar-refractivity contribution in [3.05, 3.63) is 29.3 Å². The molecule has 0 aromatic heterocycles. The van der Waals surface area contributed by atoms with Crippen LogP contribution in [-0.2, 0) is 11.2 Å². The highest BCUT2D eigenvalue weighted by Gasteiger charge is 2.40. The largest absolute Gasteiger partial charge is 0.497 e. The van der Waals surface area contributed by atoms with E-state index >= 15 is 0 Å². The van der Waals surface area contributed by atoms with Crippen molar-refractivity contribution in [3.63, 3.8) is 0 Å². The van der Waals surface area contributed by atoms with Gasteiger partial charge in [0.1, 0.15) is 11.5 Å². The zero-order valence-electron chi connectivity index (χ0n) is 10.4. The third-order valence-electron chi connectivity index (χ3n) is 3.92. The molecule has 0 spiro atoms. The molecule has 1 unspecified atom stereocenters. The summed E-state index contributed by atoms with van der Waals surface area (Å²) in [5, 5.41) is 0. The summed E-state index contributed by atoms with van der Waals surface area (Å²) >= 11 is 0. The first-order valence-electron chi connectivity index (χ1n) is 6.45. The molecule has 1 atom stereocenters. The second-order valence-corrected chi connectivity index (χ2v) is 5.16. The number of rotatable bonds is 3. The van der Waals surface area contributed by atoms with Crippen LogP contribution in [0.5, 0.6) is 5.75 Å². The van der Waals surface area contributed by atoms with Gasteiger partial charge in [0.2, 0.25) is 0 Å². The van der Waals surface area contributed by atoms with Crippen molar-refractivity contribution in [2.75, 3.05) is 7.11 Å². The van der Waals surface area contributed by atoms with Gasteiger partial charge in [-0.15, -0.1) is 0 Å². The summed E-state index contributed by atoms with van der Waals surface area (Å²) in [6, 6.07) is 5.57. The van der Waals surface area contributed by atoms with Gasteiger partial charge < -0.3 is 4.74 Å². The first kappa shape index (κ1) is 11.5. The Morgan fingerprint density at radius 2 is 2.06 bits per heavy atom. The number of benzene rings is 1.